The SMILES string of the molecule is C.CN1CCC(N(C)C(=O)c2ccc(Nc3ncc(C(F)(F)F)c(N[C@@H]4CCC[C@@H]4C(=O)NC4CCS(=O)(=O)C4)n3)cc2)CC1. The minimum atomic E-state index is -4.74. The van der Waals surface area contributed by atoms with E-state index in [1.807, 2.05) is 0 Å². The van der Waals surface area contributed by atoms with Crippen molar-refractivity contribution in [2.24, 2.45) is 5.92 Å². The molecule has 15 heteroatoms. The third kappa shape index (κ3) is 8.43. The first-order valence-electron chi connectivity index (χ1n) is 14.8. The zero-order chi connectivity index (χ0) is 31.6. The van der Waals surface area contributed by atoms with Crippen LogP contribution in [0.25, 0.3) is 0 Å². The number of nitrogens with one attached hydrogen (secondary N) is 3. The van der Waals surface area contributed by atoms with Crippen LogP contribution in [-0.2, 0) is 20.8 Å². The Kier molecular flexibility index (Phi) is 10.6. The normalized spacial score (nSPS) is 23.6. The second-order valence-corrected chi connectivity index (χ2v) is 14.2. The van der Waals surface area contributed by atoms with Crippen molar-refractivity contribution in [3.05, 3.63) is 41.6 Å². The molecule has 248 valence electrons. The van der Waals surface area contributed by atoms with Crippen molar-refractivity contribution < 1.29 is 31.2 Å². The molecular weight excluding hydrogens is 611 g/mol. The second kappa shape index (κ2) is 13.9. The number of likely N-dealkylation sites (tertiary alicyclic amines) is 1. The number of hydrogen-bond acceptors (Lipinski definition) is 9. The number of piperidine rings is 1. The van der Waals surface area contributed by atoms with E-state index >= 15 is 0 Å². The van der Waals surface area contributed by atoms with E-state index in [9.17, 15) is 31.2 Å². The van der Waals surface area contributed by atoms with Crippen molar-refractivity contribution >= 4 is 39.1 Å². The standard InChI is InChI=1S/C29H38F3N7O4S.CH4/c1-38-13-10-21(11-14-38)39(2)27(41)18-6-8-19(9-7-18)35-28-33-16-23(29(30,31)32)25(37-28)36-24-5-3-4-22(24)26(40)34-20-12-15-44(42,43)17-20;/h6-9,16,20-22,24H,3-5,10-15,17H2,1-2H3,(H,34,40)(H2,33,35,36,37);1H4/t20?,22-,24+;/m0./s1. The van der Waals surface area contributed by atoms with Crippen molar-refractivity contribution in [3.63, 3.8) is 0 Å². The van der Waals surface area contributed by atoms with Crippen LogP contribution in [0, 0.1) is 5.92 Å². The van der Waals surface area contributed by atoms with Crippen LogP contribution in [0.15, 0.2) is 30.5 Å². The maximum atomic E-state index is 13.9. The second-order valence-electron chi connectivity index (χ2n) is 12.0. The lowest BCUT2D eigenvalue weighted by Gasteiger charge is -2.35. The van der Waals surface area contributed by atoms with E-state index in [4.69, 9.17) is 0 Å². The number of aromatic nitrogens is 2. The quantitative estimate of drug-likeness (QED) is 0.387. The van der Waals surface area contributed by atoms with Crippen molar-refractivity contribution in [2.45, 2.75) is 70.3 Å². The highest BCUT2D eigenvalue weighted by atomic mass is 32.2. The predicted octanol–water partition coefficient (Wildman–Crippen LogP) is 3.93. The third-order valence-electron chi connectivity index (χ3n) is 8.79. The number of carbonyl (C=O) groups excluding carboxylic acids is 2. The van der Waals surface area contributed by atoms with E-state index in [2.05, 4.69) is 37.9 Å². The van der Waals surface area contributed by atoms with Crippen LogP contribution in [0.5, 0.6) is 0 Å². The zero-order valence-electron chi connectivity index (χ0n) is 24.7. The number of carbonyl (C=O) groups is 2. The molecule has 3 N–H and O–H groups in total. The van der Waals surface area contributed by atoms with Gasteiger partial charge >= 0.3 is 6.18 Å². The fraction of sp³-hybridized carbons (Fsp3) is 0.600. The van der Waals surface area contributed by atoms with Crippen molar-refractivity contribution in [1.82, 2.24) is 25.1 Å². The molecule has 0 radical (unpaired) electrons. The Morgan fingerprint density at radius 3 is 2.36 bits per heavy atom. The van der Waals surface area contributed by atoms with Gasteiger partial charge in [0.25, 0.3) is 5.91 Å². The summed E-state index contributed by atoms with van der Waals surface area (Å²) in [5, 5.41) is 8.51. The Bertz CT molecular complexity index is 1460. The van der Waals surface area contributed by atoms with E-state index in [1.54, 1.807) is 36.2 Å². The highest BCUT2D eigenvalue weighted by molar-refractivity contribution is 7.91. The minimum absolute atomic E-state index is 0. The van der Waals surface area contributed by atoms with E-state index in [0.717, 1.165) is 25.9 Å². The molecule has 1 aromatic heterocycles. The molecule has 1 aliphatic carbocycles. The van der Waals surface area contributed by atoms with Crippen molar-refractivity contribution in [1.29, 1.82) is 0 Å². The molecule has 1 unspecified atom stereocenters. The summed E-state index contributed by atoms with van der Waals surface area (Å²) in [4.78, 5) is 38.0. The minimum Gasteiger partial charge on any atom is -0.366 e. The smallest absolute Gasteiger partial charge is 0.366 e. The first-order chi connectivity index (χ1) is 20.8. The predicted molar refractivity (Wildman–Crippen MR) is 166 cm³/mol. The van der Waals surface area contributed by atoms with Crippen LogP contribution in [-0.4, -0.2) is 96.8 Å². The summed E-state index contributed by atoms with van der Waals surface area (Å²) in [5.41, 5.74) is -0.0823. The monoisotopic (exact) mass is 653 g/mol. The fourth-order valence-corrected chi connectivity index (χ4v) is 7.85. The van der Waals surface area contributed by atoms with Gasteiger partial charge in [0.1, 0.15) is 11.4 Å². The number of halogens is 3. The summed E-state index contributed by atoms with van der Waals surface area (Å²) < 4.78 is 65.3. The Balaban J connectivity index is 0.00000461. The number of sulfone groups is 1. The van der Waals surface area contributed by atoms with Gasteiger partial charge in [-0.25, -0.2) is 13.4 Å². The summed E-state index contributed by atoms with van der Waals surface area (Å²) in [6.45, 7) is 1.85. The van der Waals surface area contributed by atoms with Crippen molar-refractivity contribution in [3.8, 4) is 0 Å². The lowest BCUT2D eigenvalue weighted by Crippen LogP contribution is -2.44. The van der Waals surface area contributed by atoms with Gasteiger partial charge < -0.3 is 25.8 Å². The molecule has 3 aliphatic rings. The average Bonchev–Trinajstić information content (AvgIpc) is 3.57. The molecule has 2 aromatic rings. The van der Waals surface area contributed by atoms with Crippen molar-refractivity contribution in [2.75, 3.05) is 49.3 Å². The summed E-state index contributed by atoms with van der Waals surface area (Å²) in [7, 11) is 0.661. The fourth-order valence-electron chi connectivity index (χ4n) is 6.18. The first kappa shape index (κ1) is 34.4. The van der Waals surface area contributed by atoms with E-state index in [0.29, 0.717) is 43.1 Å². The molecule has 1 saturated carbocycles. The number of nitrogens with zero attached hydrogens (tertiary/aromatic N) is 4. The van der Waals surface area contributed by atoms with Gasteiger partial charge in [0, 0.05) is 42.6 Å². The zero-order valence-corrected chi connectivity index (χ0v) is 25.5. The Morgan fingerprint density at radius 2 is 1.73 bits per heavy atom. The number of benzene rings is 1. The molecule has 11 nitrogen and oxygen atoms in total. The number of alkyl halides is 3. The molecule has 3 atom stereocenters. The van der Waals surface area contributed by atoms with Crippen LogP contribution >= 0.6 is 0 Å². The third-order valence-corrected chi connectivity index (χ3v) is 10.6. The number of rotatable bonds is 8. The Labute approximate surface area is 262 Å². The molecule has 1 aromatic carbocycles. The topological polar surface area (TPSA) is 137 Å². The van der Waals surface area contributed by atoms with Gasteiger partial charge in [-0.1, -0.05) is 13.8 Å². The number of hydrogen-bond donors (Lipinski definition) is 3. The van der Waals surface area contributed by atoms with Crippen LogP contribution < -0.4 is 16.0 Å². The van der Waals surface area contributed by atoms with Crippen LogP contribution in [0.2, 0.25) is 0 Å². The molecule has 2 aliphatic heterocycles. The Hall–Kier alpha value is -3.46. The molecule has 5 rings (SSSR count). The van der Waals surface area contributed by atoms with Gasteiger partial charge in [0.05, 0.1) is 17.4 Å². The van der Waals surface area contributed by atoms with E-state index in [-0.39, 0.29) is 42.7 Å². The molecule has 3 heterocycles. The van der Waals surface area contributed by atoms with Crippen LogP contribution in [0.4, 0.5) is 30.6 Å². The molecule has 45 heavy (non-hydrogen) atoms. The lowest BCUT2D eigenvalue weighted by atomic mass is 10.0. The first-order valence-corrected chi connectivity index (χ1v) is 16.7. The molecular formula is C30H42F3N7O4S. The summed E-state index contributed by atoms with van der Waals surface area (Å²) in [6, 6.07) is 5.63. The van der Waals surface area contributed by atoms with Gasteiger partial charge in [-0.2, -0.15) is 18.2 Å². The van der Waals surface area contributed by atoms with Crippen LogP contribution in [0.3, 0.4) is 0 Å². The van der Waals surface area contributed by atoms with Gasteiger partial charge in [0.15, 0.2) is 9.84 Å². The highest BCUT2D eigenvalue weighted by Crippen LogP contribution is 2.37. The highest BCUT2D eigenvalue weighted by Gasteiger charge is 2.40. The van der Waals surface area contributed by atoms with E-state index < -0.39 is 45.4 Å². The number of anilines is 3. The maximum Gasteiger partial charge on any atom is 0.421 e. The number of amides is 2. The largest absolute Gasteiger partial charge is 0.421 e. The van der Waals surface area contributed by atoms with E-state index in [1.165, 1.54) is 0 Å². The lowest BCUT2D eigenvalue weighted by molar-refractivity contribution is -0.137. The molecule has 2 amide bonds. The van der Waals surface area contributed by atoms with Crippen LogP contribution in [0.1, 0.15) is 61.9 Å². The van der Waals surface area contributed by atoms with Gasteiger partial charge in [-0.05, 0) is 76.5 Å². The summed E-state index contributed by atoms with van der Waals surface area (Å²) >= 11 is 0. The average molecular weight is 654 g/mol. The molecule has 0 bridgehead atoms. The van der Waals surface area contributed by atoms with Gasteiger partial charge in [-0.15, -0.1) is 0 Å². The summed E-state index contributed by atoms with van der Waals surface area (Å²) in [6.07, 6.45) is -0.396. The van der Waals surface area contributed by atoms with Gasteiger partial charge in [-0.3, -0.25) is 9.59 Å². The molecule has 3 fully saturated rings. The summed E-state index contributed by atoms with van der Waals surface area (Å²) in [5.74, 6) is -1.78. The maximum absolute atomic E-state index is 13.9. The molecule has 2 saturated heterocycles. The Morgan fingerprint density at radius 1 is 1.04 bits per heavy atom. The van der Waals surface area contributed by atoms with Gasteiger partial charge in [0.2, 0.25) is 11.9 Å². The molecule has 0 spiro atoms.